The number of carbonyl (C=O) groups is 1. The summed E-state index contributed by atoms with van der Waals surface area (Å²) in [6.07, 6.45) is 3.51. The zero-order chi connectivity index (χ0) is 23.7. The molecule has 1 amide bonds. The molecule has 0 unspecified atom stereocenters. The van der Waals surface area contributed by atoms with Crippen molar-refractivity contribution in [3.05, 3.63) is 71.8 Å². The van der Waals surface area contributed by atoms with Crippen LogP contribution in [0.1, 0.15) is 15.9 Å². The number of halogens is 1. The number of rotatable bonds is 5. The molecule has 0 radical (unpaired) electrons. The highest BCUT2D eigenvalue weighted by molar-refractivity contribution is 5.95. The predicted octanol–water partition coefficient (Wildman–Crippen LogP) is 4.09. The molecule has 2 aromatic carbocycles. The van der Waals surface area contributed by atoms with Gasteiger partial charge in [0.1, 0.15) is 17.2 Å². The lowest BCUT2D eigenvalue weighted by Crippen LogP contribution is -2.41. The molecule has 0 bridgehead atoms. The summed E-state index contributed by atoms with van der Waals surface area (Å²) in [5, 5.41) is 3.99. The molecule has 1 aliphatic rings. The fraction of sp³-hybridized carbons (Fsp3) is 0.240. The van der Waals surface area contributed by atoms with Crippen LogP contribution in [-0.2, 0) is 4.74 Å². The maximum Gasteiger partial charge on any atom is 0.256 e. The number of amides is 1. The first-order chi connectivity index (χ1) is 16.5. The van der Waals surface area contributed by atoms with Crippen LogP contribution in [0.25, 0.3) is 16.7 Å². The van der Waals surface area contributed by atoms with Gasteiger partial charge in [0.05, 0.1) is 25.9 Å². The van der Waals surface area contributed by atoms with Crippen molar-refractivity contribution < 1.29 is 18.7 Å². The van der Waals surface area contributed by atoms with Gasteiger partial charge in [0, 0.05) is 48.3 Å². The van der Waals surface area contributed by atoms with Gasteiger partial charge in [-0.15, -0.1) is 0 Å². The second-order valence-corrected chi connectivity index (χ2v) is 8.04. The molecule has 0 atom stereocenters. The van der Waals surface area contributed by atoms with Gasteiger partial charge >= 0.3 is 0 Å². The average molecular weight is 461 g/mol. The third-order valence-electron chi connectivity index (χ3n) is 5.85. The van der Waals surface area contributed by atoms with E-state index in [4.69, 9.17) is 9.47 Å². The Labute approximate surface area is 195 Å². The second kappa shape index (κ2) is 9.11. The Kier molecular flexibility index (Phi) is 5.85. The summed E-state index contributed by atoms with van der Waals surface area (Å²) in [5.74, 6) is 0.261. The number of benzene rings is 2. The minimum atomic E-state index is -0.574. The number of carbonyl (C=O) groups excluding carboxylic acids is 1. The van der Waals surface area contributed by atoms with Gasteiger partial charge in [0.15, 0.2) is 0 Å². The monoisotopic (exact) mass is 461 g/mol. The Morgan fingerprint density at radius 2 is 1.97 bits per heavy atom. The third-order valence-corrected chi connectivity index (χ3v) is 5.85. The summed E-state index contributed by atoms with van der Waals surface area (Å²) in [6.45, 7) is 3.82. The number of methoxy groups -OCH3 is 1. The van der Waals surface area contributed by atoms with Crippen molar-refractivity contribution in [2.45, 2.75) is 6.92 Å². The van der Waals surface area contributed by atoms with Crippen LogP contribution in [0.15, 0.2) is 54.9 Å². The molecular formula is C25H24FN5O3. The van der Waals surface area contributed by atoms with Gasteiger partial charge in [-0.2, -0.15) is 4.98 Å². The number of ether oxygens (including phenoxy) is 2. The number of hydrogen-bond acceptors (Lipinski definition) is 6. The first-order valence-electron chi connectivity index (χ1n) is 11.0. The van der Waals surface area contributed by atoms with Crippen molar-refractivity contribution >= 4 is 28.6 Å². The van der Waals surface area contributed by atoms with Crippen molar-refractivity contribution in [3.63, 3.8) is 0 Å². The van der Waals surface area contributed by atoms with Gasteiger partial charge in [-0.05, 0) is 42.8 Å². The van der Waals surface area contributed by atoms with Crippen molar-refractivity contribution in [1.82, 2.24) is 19.4 Å². The second-order valence-electron chi connectivity index (χ2n) is 8.04. The first-order valence-corrected chi connectivity index (χ1v) is 11.0. The summed E-state index contributed by atoms with van der Waals surface area (Å²) in [6, 6.07) is 12.2. The summed E-state index contributed by atoms with van der Waals surface area (Å²) >= 11 is 0. The lowest BCUT2D eigenvalue weighted by Gasteiger charge is -2.27. The molecule has 5 rings (SSSR count). The highest BCUT2D eigenvalue weighted by Gasteiger charge is 2.22. The smallest absolute Gasteiger partial charge is 0.256 e. The zero-order valence-corrected chi connectivity index (χ0v) is 18.9. The van der Waals surface area contributed by atoms with Crippen LogP contribution in [-0.4, -0.2) is 58.8 Å². The average Bonchev–Trinajstić information content (AvgIpc) is 3.28. The van der Waals surface area contributed by atoms with Crippen LogP contribution in [0.3, 0.4) is 0 Å². The lowest BCUT2D eigenvalue weighted by atomic mass is 10.1. The van der Waals surface area contributed by atoms with E-state index in [1.165, 1.54) is 12.1 Å². The number of morpholine rings is 1. The highest BCUT2D eigenvalue weighted by atomic mass is 19.1. The number of hydrogen-bond donors (Lipinski definition) is 1. The maximum atomic E-state index is 15.0. The van der Waals surface area contributed by atoms with Crippen molar-refractivity contribution in [2.75, 3.05) is 38.7 Å². The van der Waals surface area contributed by atoms with Crippen LogP contribution in [0, 0.1) is 12.7 Å². The van der Waals surface area contributed by atoms with E-state index in [0.717, 1.165) is 22.4 Å². The van der Waals surface area contributed by atoms with Crippen molar-refractivity contribution in [1.29, 1.82) is 0 Å². The van der Waals surface area contributed by atoms with E-state index >= 15 is 0 Å². The Morgan fingerprint density at radius 3 is 2.74 bits per heavy atom. The molecule has 9 heteroatoms. The molecule has 174 valence electrons. The quantitative estimate of drug-likeness (QED) is 0.482. The highest BCUT2D eigenvalue weighted by Crippen LogP contribution is 2.26. The molecule has 2 aromatic heterocycles. The van der Waals surface area contributed by atoms with E-state index in [0.29, 0.717) is 43.6 Å². The molecule has 1 N–H and O–H groups in total. The Morgan fingerprint density at radius 1 is 1.15 bits per heavy atom. The maximum absolute atomic E-state index is 15.0. The summed E-state index contributed by atoms with van der Waals surface area (Å²) in [7, 11) is 1.63. The molecule has 1 saturated heterocycles. The molecule has 4 aromatic rings. The minimum absolute atomic E-state index is 0.0485. The van der Waals surface area contributed by atoms with Crippen molar-refractivity contribution in [2.24, 2.45) is 0 Å². The lowest BCUT2D eigenvalue weighted by molar-refractivity contribution is 0.0300. The number of nitrogens with zero attached hydrogens (tertiary/aromatic N) is 4. The Balaban J connectivity index is 1.44. The molecule has 8 nitrogen and oxygen atoms in total. The van der Waals surface area contributed by atoms with Crippen LogP contribution < -0.4 is 10.1 Å². The number of anilines is 2. The third kappa shape index (κ3) is 4.17. The Hall–Kier alpha value is -3.98. The van der Waals surface area contributed by atoms with E-state index < -0.39 is 5.82 Å². The van der Waals surface area contributed by atoms with Gasteiger partial charge in [-0.3, -0.25) is 4.79 Å². The summed E-state index contributed by atoms with van der Waals surface area (Å²) in [5.41, 5.74) is 3.04. The molecule has 34 heavy (non-hydrogen) atoms. The molecule has 1 aliphatic heterocycles. The Bertz CT molecular complexity index is 1360. The topological polar surface area (TPSA) is 81.5 Å². The van der Waals surface area contributed by atoms with Gasteiger partial charge in [-0.25, -0.2) is 9.37 Å². The predicted molar refractivity (Wildman–Crippen MR) is 127 cm³/mol. The molecular weight excluding hydrogens is 437 g/mol. The van der Waals surface area contributed by atoms with Crippen LogP contribution in [0.2, 0.25) is 0 Å². The van der Waals surface area contributed by atoms with Gasteiger partial charge in [0.25, 0.3) is 5.91 Å². The zero-order valence-electron chi connectivity index (χ0n) is 18.9. The molecule has 0 saturated carbocycles. The largest absolute Gasteiger partial charge is 0.496 e. The number of fused-ring (bicyclic) bond motifs is 1. The fourth-order valence-electron chi connectivity index (χ4n) is 3.98. The van der Waals surface area contributed by atoms with E-state index in [1.807, 2.05) is 31.2 Å². The number of aromatic nitrogens is 3. The SMILES string of the molecule is COc1cc(Nc2ncc3ccn(-c4ccc(C(=O)N5CCOCC5)c(F)c4)c3n2)ccc1C. The van der Waals surface area contributed by atoms with E-state index in [2.05, 4.69) is 15.3 Å². The number of aryl methyl sites for hydroxylation is 1. The van der Waals surface area contributed by atoms with Crippen LogP contribution in [0.4, 0.5) is 16.0 Å². The molecule has 0 spiro atoms. The van der Waals surface area contributed by atoms with Gasteiger partial charge < -0.3 is 24.3 Å². The van der Waals surface area contributed by atoms with Crippen LogP contribution in [0.5, 0.6) is 5.75 Å². The van der Waals surface area contributed by atoms with E-state index in [1.54, 1.807) is 35.0 Å². The minimum Gasteiger partial charge on any atom is -0.496 e. The van der Waals surface area contributed by atoms with E-state index in [-0.39, 0.29) is 11.5 Å². The standard InChI is InChI=1S/C25H24FN5O3/c1-16-3-4-18(13-22(16)33-2)28-25-27-15-17-7-8-31(23(17)29-25)19-5-6-20(21(26)14-19)24(32)30-9-11-34-12-10-30/h3-8,13-15H,9-12H2,1-2H3,(H,27,28,29). The van der Waals surface area contributed by atoms with E-state index in [9.17, 15) is 9.18 Å². The van der Waals surface area contributed by atoms with Gasteiger partial charge in [-0.1, -0.05) is 6.07 Å². The fourth-order valence-corrected chi connectivity index (χ4v) is 3.98. The molecule has 1 fully saturated rings. The summed E-state index contributed by atoms with van der Waals surface area (Å²) < 4.78 is 27.4. The molecule has 3 heterocycles. The van der Waals surface area contributed by atoms with Crippen molar-refractivity contribution in [3.8, 4) is 11.4 Å². The first kappa shape index (κ1) is 21.8. The number of nitrogens with one attached hydrogen (secondary N) is 1. The summed E-state index contributed by atoms with van der Waals surface area (Å²) in [4.78, 5) is 23.3. The van der Waals surface area contributed by atoms with Crippen LogP contribution >= 0.6 is 0 Å². The molecule has 0 aliphatic carbocycles. The normalized spacial score (nSPS) is 13.8. The van der Waals surface area contributed by atoms with Gasteiger partial charge in [0.2, 0.25) is 5.95 Å².